The van der Waals surface area contributed by atoms with Gasteiger partial charge in [0.2, 0.25) is 10.0 Å². The quantitative estimate of drug-likeness (QED) is 0.786. The van der Waals surface area contributed by atoms with E-state index in [0.29, 0.717) is 24.6 Å². The van der Waals surface area contributed by atoms with Crippen molar-refractivity contribution < 1.29 is 12.8 Å². The molecule has 1 fully saturated rings. The summed E-state index contributed by atoms with van der Waals surface area (Å²) in [4.78, 5) is 0.214. The molecule has 2 rings (SSSR count). The number of aryl methyl sites for hydroxylation is 1. The summed E-state index contributed by atoms with van der Waals surface area (Å²) in [5.41, 5.74) is 0.461. The second kappa shape index (κ2) is 5.89. The molecule has 0 N–H and O–H groups in total. The third-order valence-electron chi connectivity index (χ3n) is 3.55. The fourth-order valence-corrected chi connectivity index (χ4v) is 4.67. The van der Waals surface area contributed by atoms with Crippen LogP contribution in [0.4, 0.5) is 4.39 Å². The first-order chi connectivity index (χ1) is 8.95. The van der Waals surface area contributed by atoms with Crippen LogP contribution in [0.25, 0.3) is 0 Å². The molecule has 1 aromatic carbocycles. The molecule has 106 valence electrons. The van der Waals surface area contributed by atoms with Crippen molar-refractivity contribution in [1.82, 2.24) is 4.31 Å². The van der Waals surface area contributed by atoms with Crippen molar-refractivity contribution in [3.05, 3.63) is 29.6 Å². The van der Waals surface area contributed by atoms with Crippen LogP contribution < -0.4 is 0 Å². The van der Waals surface area contributed by atoms with Gasteiger partial charge in [-0.2, -0.15) is 4.31 Å². The molecule has 1 aliphatic rings. The molecule has 0 amide bonds. The predicted molar refractivity (Wildman–Crippen MR) is 76.4 cm³/mol. The SMILES string of the molecule is Cc1cc(F)ccc1S(=O)(=O)N1CCC(CBr)CC1. The first-order valence-corrected chi connectivity index (χ1v) is 8.83. The number of hydrogen-bond acceptors (Lipinski definition) is 2. The molecule has 1 aromatic rings. The minimum Gasteiger partial charge on any atom is -0.207 e. The molecule has 0 unspecified atom stereocenters. The normalized spacial score (nSPS) is 18.7. The Morgan fingerprint density at radius 3 is 2.53 bits per heavy atom. The van der Waals surface area contributed by atoms with Gasteiger partial charge in [0, 0.05) is 18.4 Å². The van der Waals surface area contributed by atoms with Gasteiger partial charge in [-0.1, -0.05) is 15.9 Å². The largest absolute Gasteiger partial charge is 0.243 e. The maximum Gasteiger partial charge on any atom is 0.243 e. The summed E-state index contributed by atoms with van der Waals surface area (Å²) >= 11 is 3.44. The van der Waals surface area contributed by atoms with Crippen molar-refractivity contribution in [2.24, 2.45) is 5.92 Å². The van der Waals surface area contributed by atoms with Gasteiger partial charge in [-0.15, -0.1) is 0 Å². The Kier molecular flexibility index (Phi) is 4.63. The highest BCUT2D eigenvalue weighted by atomic mass is 79.9. The predicted octanol–water partition coefficient (Wildman–Crippen LogP) is 2.93. The fourth-order valence-electron chi connectivity index (χ4n) is 2.35. The van der Waals surface area contributed by atoms with E-state index in [1.54, 1.807) is 6.92 Å². The Balaban J connectivity index is 2.23. The van der Waals surface area contributed by atoms with Crippen molar-refractivity contribution in [2.45, 2.75) is 24.7 Å². The van der Waals surface area contributed by atoms with Crippen molar-refractivity contribution in [1.29, 1.82) is 0 Å². The molecule has 1 aliphatic heterocycles. The standard InChI is InChI=1S/C13H17BrFNO2S/c1-10-8-12(15)2-3-13(10)19(17,18)16-6-4-11(9-14)5-7-16/h2-3,8,11H,4-7,9H2,1H3. The lowest BCUT2D eigenvalue weighted by atomic mass is 10.0. The van der Waals surface area contributed by atoms with E-state index >= 15 is 0 Å². The smallest absolute Gasteiger partial charge is 0.207 e. The van der Waals surface area contributed by atoms with Gasteiger partial charge in [0.15, 0.2) is 0 Å². The zero-order chi connectivity index (χ0) is 14.0. The summed E-state index contributed by atoms with van der Waals surface area (Å²) < 4.78 is 39.6. The van der Waals surface area contributed by atoms with Crippen LogP contribution in [0.2, 0.25) is 0 Å². The number of benzene rings is 1. The van der Waals surface area contributed by atoms with Crippen molar-refractivity contribution in [3.63, 3.8) is 0 Å². The third kappa shape index (κ3) is 3.17. The van der Waals surface area contributed by atoms with Crippen LogP contribution in [0.15, 0.2) is 23.1 Å². The summed E-state index contributed by atoms with van der Waals surface area (Å²) in [5.74, 6) is 0.134. The summed E-state index contributed by atoms with van der Waals surface area (Å²) in [6.07, 6.45) is 1.73. The molecule has 0 aromatic heterocycles. The molecule has 1 heterocycles. The number of halogens is 2. The number of sulfonamides is 1. The van der Waals surface area contributed by atoms with Crippen LogP contribution in [0.1, 0.15) is 18.4 Å². The maximum atomic E-state index is 13.1. The van der Waals surface area contributed by atoms with Crippen LogP contribution >= 0.6 is 15.9 Å². The lowest BCUT2D eigenvalue weighted by Crippen LogP contribution is -2.39. The van der Waals surface area contributed by atoms with Crippen LogP contribution in [0, 0.1) is 18.7 Å². The first-order valence-electron chi connectivity index (χ1n) is 6.27. The molecule has 0 radical (unpaired) electrons. The number of nitrogens with zero attached hydrogens (tertiary/aromatic N) is 1. The van der Waals surface area contributed by atoms with Gasteiger partial charge in [0.05, 0.1) is 4.90 Å². The molecule has 0 atom stereocenters. The lowest BCUT2D eigenvalue weighted by molar-refractivity contribution is 0.292. The Hall–Kier alpha value is -0.460. The second-order valence-corrected chi connectivity index (χ2v) is 7.47. The Morgan fingerprint density at radius 2 is 2.00 bits per heavy atom. The van der Waals surface area contributed by atoms with E-state index in [4.69, 9.17) is 0 Å². The van der Waals surface area contributed by atoms with E-state index < -0.39 is 15.8 Å². The first kappa shape index (κ1) is 14.9. The van der Waals surface area contributed by atoms with Gasteiger partial charge in [0.25, 0.3) is 0 Å². The number of rotatable bonds is 3. The molecule has 0 aliphatic carbocycles. The van der Waals surface area contributed by atoms with Gasteiger partial charge in [-0.3, -0.25) is 0 Å². The average molecular weight is 350 g/mol. The van der Waals surface area contributed by atoms with Gasteiger partial charge >= 0.3 is 0 Å². The van der Waals surface area contributed by atoms with Gasteiger partial charge < -0.3 is 0 Å². The van der Waals surface area contributed by atoms with Crippen LogP contribution in [0.3, 0.4) is 0 Å². The summed E-state index contributed by atoms with van der Waals surface area (Å²) in [6.45, 7) is 2.70. The third-order valence-corrected chi connectivity index (χ3v) is 6.52. The number of piperidine rings is 1. The molecule has 0 bridgehead atoms. The highest BCUT2D eigenvalue weighted by Gasteiger charge is 2.30. The van der Waals surface area contributed by atoms with E-state index in [0.717, 1.165) is 18.2 Å². The van der Waals surface area contributed by atoms with Crippen molar-refractivity contribution in [2.75, 3.05) is 18.4 Å². The van der Waals surface area contributed by atoms with Gasteiger partial charge in [-0.25, -0.2) is 12.8 Å². The molecule has 3 nitrogen and oxygen atoms in total. The van der Waals surface area contributed by atoms with Crippen LogP contribution in [-0.2, 0) is 10.0 Å². The monoisotopic (exact) mass is 349 g/mol. The molecular weight excluding hydrogens is 333 g/mol. The second-order valence-electron chi connectivity index (χ2n) is 4.91. The van der Waals surface area contributed by atoms with Gasteiger partial charge in [0.1, 0.15) is 5.82 Å². The minimum absolute atomic E-state index is 0.214. The highest BCUT2D eigenvalue weighted by Crippen LogP contribution is 2.26. The van der Waals surface area contributed by atoms with Gasteiger partial charge in [-0.05, 0) is 49.4 Å². The summed E-state index contributed by atoms with van der Waals surface area (Å²) in [6, 6.07) is 3.82. The topological polar surface area (TPSA) is 37.4 Å². The zero-order valence-electron chi connectivity index (χ0n) is 10.8. The number of hydrogen-bond donors (Lipinski definition) is 0. The summed E-state index contributed by atoms with van der Waals surface area (Å²) in [5, 5.41) is 0.913. The minimum atomic E-state index is -3.49. The Labute approximate surface area is 122 Å². The zero-order valence-corrected chi connectivity index (χ0v) is 13.2. The van der Waals surface area contributed by atoms with Crippen molar-refractivity contribution >= 4 is 26.0 Å². The maximum absolute atomic E-state index is 13.1. The molecular formula is C13H17BrFNO2S. The van der Waals surface area contributed by atoms with E-state index in [1.165, 1.54) is 22.5 Å². The molecule has 1 saturated heterocycles. The van der Waals surface area contributed by atoms with E-state index in [2.05, 4.69) is 15.9 Å². The Morgan fingerprint density at radius 1 is 1.37 bits per heavy atom. The van der Waals surface area contributed by atoms with E-state index in [1.807, 2.05) is 0 Å². The molecule has 0 spiro atoms. The molecule has 6 heteroatoms. The van der Waals surface area contributed by atoms with E-state index in [-0.39, 0.29) is 4.90 Å². The molecule has 19 heavy (non-hydrogen) atoms. The van der Waals surface area contributed by atoms with Crippen molar-refractivity contribution in [3.8, 4) is 0 Å². The van der Waals surface area contributed by atoms with Crippen LogP contribution in [-0.4, -0.2) is 31.1 Å². The molecule has 0 saturated carbocycles. The van der Waals surface area contributed by atoms with E-state index in [9.17, 15) is 12.8 Å². The van der Waals surface area contributed by atoms with Crippen LogP contribution in [0.5, 0.6) is 0 Å². The number of alkyl halides is 1. The lowest BCUT2D eigenvalue weighted by Gasteiger charge is -2.30. The Bertz CT molecular complexity index is 554. The summed E-state index contributed by atoms with van der Waals surface area (Å²) in [7, 11) is -3.49. The average Bonchev–Trinajstić information content (AvgIpc) is 2.38. The fraction of sp³-hybridized carbons (Fsp3) is 0.538. The highest BCUT2D eigenvalue weighted by molar-refractivity contribution is 9.09.